The van der Waals surface area contributed by atoms with E-state index in [9.17, 15) is 4.79 Å². The van der Waals surface area contributed by atoms with Crippen LogP contribution in [-0.2, 0) is 17.6 Å². The predicted octanol–water partition coefficient (Wildman–Crippen LogP) is 6.45. The summed E-state index contributed by atoms with van der Waals surface area (Å²) in [6.07, 6.45) is 17.1. The quantitative estimate of drug-likeness (QED) is 0.301. The summed E-state index contributed by atoms with van der Waals surface area (Å²) in [4.78, 5) is 16.7. The molecule has 4 heteroatoms. The highest BCUT2D eigenvalue weighted by Crippen LogP contribution is 2.37. The van der Waals surface area contributed by atoms with Gasteiger partial charge in [-0.25, -0.2) is 0 Å². The maximum absolute atomic E-state index is 12.6. The molecule has 1 N–H and O–H groups in total. The number of hydrogen-bond donors (Lipinski definition) is 1. The molecule has 1 aromatic heterocycles. The smallest absolute Gasteiger partial charge is 0.244 e. The van der Waals surface area contributed by atoms with Crippen molar-refractivity contribution in [2.45, 2.75) is 77.7 Å². The van der Waals surface area contributed by atoms with Crippen molar-refractivity contribution in [1.29, 1.82) is 0 Å². The summed E-state index contributed by atoms with van der Waals surface area (Å²) in [6, 6.07) is 10.6. The molecule has 1 aliphatic rings. The van der Waals surface area contributed by atoms with Crippen molar-refractivity contribution in [2.24, 2.45) is 0 Å². The first-order valence-electron chi connectivity index (χ1n) is 12.4. The molecule has 1 aromatic carbocycles. The second-order valence-electron chi connectivity index (χ2n) is 8.98. The summed E-state index contributed by atoms with van der Waals surface area (Å²) < 4.78 is 5.42. The molecule has 1 heterocycles. The summed E-state index contributed by atoms with van der Waals surface area (Å²) in [5.74, 6) is 0.905. The number of hydrogen-bond acceptors (Lipinski definition) is 3. The van der Waals surface area contributed by atoms with Crippen LogP contribution in [-0.4, -0.2) is 24.0 Å². The van der Waals surface area contributed by atoms with Crippen molar-refractivity contribution in [1.82, 2.24) is 10.3 Å². The lowest BCUT2D eigenvalue weighted by atomic mass is 9.83. The number of aromatic nitrogens is 1. The number of rotatable bonds is 12. The zero-order valence-electron chi connectivity index (χ0n) is 20.4. The minimum atomic E-state index is -0.00943. The van der Waals surface area contributed by atoms with Gasteiger partial charge in [0.25, 0.3) is 0 Å². The second kappa shape index (κ2) is 13.0. The molecule has 0 saturated heterocycles. The zero-order chi connectivity index (χ0) is 23.5. The first kappa shape index (κ1) is 24.8. The second-order valence-corrected chi connectivity index (χ2v) is 8.98. The van der Waals surface area contributed by atoms with Crippen molar-refractivity contribution < 1.29 is 9.53 Å². The molecule has 0 bridgehead atoms. The van der Waals surface area contributed by atoms with E-state index in [-0.39, 0.29) is 11.9 Å². The van der Waals surface area contributed by atoms with Gasteiger partial charge in [-0.05, 0) is 97.9 Å². The highest BCUT2D eigenvalue weighted by molar-refractivity contribution is 5.89. The molecule has 0 unspecified atom stereocenters. The van der Waals surface area contributed by atoms with Gasteiger partial charge in [-0.2, -0.15) is 0 Å². The van der Waals surface area contributed by atoms with Crippen LogP contribution in [0.2, 0.25) is 0 Å². The third-order valence-electron chi connectivity index (χ3n) is 6.37. The van der Waals surface area contributed by atoms with E-state index in [1.54, 1.807) is 19.4 Å². The van der Waals surface area contributed by atoms with Gasteiger partial charge in [0.05, 0.1) is 7.11 Å². The summed E-state index contributed by atoms with van der Waals surface area (Å²) in [5.41, 5.74) is 6.60. The number of nitrogens with zero attached hydrogens (tertiary/aromatic N) is 1. The van der Waals surface area contributed by atoms with E-state index in [1.807, 2.05) is 24.4 Å². The van der Waals surface area contributed by atoms with Crippen LogP contribution in [0.1, 0.15) is 75.5 Å². The van der Waals surface area contributed by atoms with Crippen molar-refractivity contribution in [3.63, 3.8) is 0 Å². The van der Waals surface area contributed by atoms with E-state index in [0.717, 1.165) is 44.3 Å². The Labute approximate surface area is 199 Å². The van der Waals surface area contributed by atoms with Gasteiger partial charge in [-0.1, -0.05) is 38.0 Å². The van der Waals surface area contributed by atoms with Crippen LogP contribution in [0, 0.1) is 0 Å². The van der Waals surface area contributed by atoms with Crippen molar-refractivity contribution in [3.05, 3.63) is 77.1 Å². The van der Waals surface area contributed by atoms with Gasteiger partial charge in [-0.15, -0.1) is 0 Å². The zero-order valence-corrected chi connectivity index (χ0v) is 20.4. The highest BCUT2D eigenvalue weighted by Gasteiger charge is 2.18. The van der Waals surface area contributed by atoms with Crippen LogP contribution in [0.4, 0.5) is 0 Å². The molecule has 33 heavy (non-hydrogen) atoms. The van der Waals surface area contributed by atoms with Crippen molar-refractivity contribution >= 4 is 11.5 Å². The lowest BCUT2D eigenvalue weighted by Crippen LogP contribution is -2.31. The van der Waals surface area contributed by atoms with Crippen LogP contribution in [0.15, 0.2) is 60.5 Å². The molecule has 0 aliphatic heterocycles. The van der Waals surface area contributed by atoms with Crippen molar-refractivity contribution in [2.75, 3.05) is 7.11 Å². The van der Waals surface area contributed by atoms with E-state index in [2.05, 4.69) is 42.3 Å². The maximum atomic E-state index is 12.6. The average molecular weight is 447 g/mol. The molecule has 0 saturated carbocycles. The number of methoxy groups -OCH3 is 1. The van der Waals surface area contributed by atoms with Crippen LogP contribution in [0.25, 0.3) is 5.57 Å². The van der Waals surface area contributed by atoms with E-state index in [1.165, 1.54) is 47.1 Å². The molecule has 1 atom stereocenters. The molecule has 0 spiro atoms. The number of carbonyl (C=O) groups excluding carboxylic acids is 1. The lowest BCUT2D eigenvalue weighted by Gasteiger charge is -2.23. The van der Waals surface area contributed by atoms with Crippen LogP contribution in [0.5, 0.6) is 5.75 Å². The van der Waals surface area contributed by atoms with E-state index < -0.39 is 0 Å². The average Bonchev–Trinajstić information content (AvgIpc) is 2.83. The van der Waals surface area contributed by atoms with Crippen LogP contribution < -0.4 is 10.1 Å². The number of allylic oxidation sites excluding steroid dienone is 3. The minimum Gasteiger partial charge on any atom is -0.497 e. The number of carbonyl (C=O) groups is 1. The topological polar surface area (TPSA) is 51.2 Å². The molecule has 0 radical (unpaired) electrons. The first-order chi connectivity index (χ1) is 16.1. The predicted molar refractivity (Wildman–Crippen MR) is 136 cm³/mol. The Morgan fingerprint density at radius 2 is 2.06 bits per heavy atom. The molecule has 1 aliphatic carbocycles. The van der Waals surface area contributed by atoms with E-state index >= 15 is 0 Å². The molecule has 2 aromatic rings. The van der Waals surface area contributed by atoms with Crippen molar-refractivity contribution in [3.8, 4) is 5.75 Å². The Hall–Kier alpha value is -2.88. The Balaban J connectivity index is 1.61. The fraction of sp³-hybridized carbons (Fsp3) is 0.448. The maximum Gasteiger partial charge on any atom is 0.244 e. The van der Waals surface area contributed by atoms with Gasteiger partial charge < -0.3 is 10.1 Å². The SMILES string of the molecule is CCCCCC1=C(C=CC(=O)N[C@H](C)CCCc2cccnc2)CCc2cc(OC)ccc21. The number of nitrogens with one attached hydrogen (secondary N) is 1. The molecular weight excluding hydrogens is 408 g/mol. The number of fused-ring (bicyclic) bond motifs is 1. The molecule has 176 valence electrons. The number of pyridine rings is 1. The molecule has 1 amide bonds. The number of aryl methyl sites for hydroxylation is 2. The van der Waals surface area contributed by atoms with Gasteiger partial charge in [0, 0.05) is 24.5 Å². The lowest BCUT2D eigenvalue weighted by molar-refractivity contribution is -0.117. The molecule has 0 fully saturated rings. The summed E-state index contributed by atoms with van der Waals surface area (Å²) in [6.45, 7) is 4.31. The Bertz CT molecular complexity index is 963. The van der Waals surface area contributed by atoms with Crippen LogP contribution >= 0.6 is 0 Å². The summed E-state index contributed by atoms with van der Waals surface area (Å²) >= 11 is 0. The van der Waals surface area contributed by atoms with Gasteiger partial charge in [0.1, 0.15) is 5.75 Å². The van der Waals surface area contributed by atoms with E-state index in [4.69, 9.17) is 4.74 Å². The van der Waals surface area contributed by atoms with Gasteiger partial charge >= 0.3 is 0 Å². The third kappa shape index (κ3) is 7.59. The Kier molecular flexibility index (Phi) is 9.74. The van der Waals surface area contributed by atoms with Gasteiger partial charge in [-0.3, -0.25) is 9.78 Å². The fourth-order valence-corrected chi connectivity index (χ4v) is 4.52. The first-order valence-corrected chi connectivity index (χ1v) is 12.4. The molecule has 3 rings (SSSR count). The monoisotopic (exact) mass is 446 g/mol. The molecular formula is C29H38N2O2. The number of amides is 1. The Morgan fingerprint density at radius 3 is 2.82 bits per heavy atom. The number of ether oxygens (including phenoxy) is 1. The van der Waals surface area contributed by atoms with E-state index in [0.29, 0.717) is 0 Å². The highest BCUT2D eigenvalue weighted by atomic mass is 16.5. The number of unbranched alkanes of at least 4 members (excludes halogenated alkanes) is 2. The minimum absolute atomic E-state index is 0.00943. The Morgan fingerprint density at radius 1 is 1.18 bits per heavy atom. The fourth-order valence-electron chi connectivity index (χ4n) is 4.52. The largest absolute Gasteiger partial charge is 0.497 e. The van der Waals surface area contributed by atoms with Crippen LogP contribution in [0.3, 0.4) is 0 Å². The number of benzene rings is 1. The summed E-state index contributed by atoms with van der Waals surface area (Å²) in [5, 5.41) is 3.13. The van der Waals surface area contributed by atoms with Gasteiger partial charge in [0.15, 0.2) is 0 Å². The third-order valence-corrected chi connectivity index (χ3v) is 6.37. The normalized spacial score (nSPS) is 14.3. The standard InChI is InChI=1S/C29H38N2O2/c1-4-5-6-12-27-24(13-14-25-20-26(33-3)16-17-28(25)27)15-18-29(32)31-22(2)9-7-10-23-11-8-19-30-21-23/h8,11,15-22H,4-7,9-10,12-14H2,1-3H3,(H,31,32)/t22-/m1/s1. The molecule has 4 nitrogen and oxygen atoms in total. The summed E-state index contributed by atoms with van der Waals surface area (Å²) in [7, 11) is 1.72. The van der Waals surface area contributed by atoms with Gasteiger partial charge in [0.2, 0.25) is 5.91 Å².